The van der Waals surface area contributed by atoms with Gasteiger partial charge in [0.2, 0.25) is 6.79 Å². The molecule has 5 heteroatoms. The van der Waals surface area contributed by atoms with E-state index in [-0.39, 0.29) is 12.1 Å². The number of fused-ring (bicyclic) bond motifs is 5. The Balaban J connectivity index is 1.60. The van der Waals surface area contributed by atoms with Crippen LogP contribution in [0.2, 0.25) is 0 Å². The third-order valence-corrected chi connectivity index (χ3v) is 4.94. The molecule has 23 heavy (non-hydrogen) atoms. The van der Waals surface area contributed by atoms with Crippen molar-refractivity contribution in [3.8, 4) is 11.5 Å². The van der Waals surface area contributed by atoms with Crippen LogP contribution in [0.15, 0.2) is 12.1 Å². The Morgan fingerprint density at radius 3 is 2.87 bits per heavy atom. The first-order valence-corrected chi connectivity index (χ1v) is 8.35. The number of carbonyl (C=O) groups is 1. The van der Waals surface area contributed by atoms with Gasteiger partial charge < -0.3 is 19.1 Å². The number of ether oxygens (including phenoxy) is 3. The van der Waals surface area contributed by atoms with Gasteiger partial charge in [0, 0.05) is 24.1 Å². The first-order chi connectivity index (χ1) is 10.9. The average Bonchev–Trinajstić information content (AvgIpc) is 3.11. The first-order valence-electron chi connectivity index (χ1n) is 8.35. The summed E-state index contributed by atoms with van der Waals surface area (Å²) in [5.74, 6) is 2.14. The lowest BCUT2D eigenvalue weighted by molar-refractivity contribution is 0.0210. The molecule has 5 nitrogen and oxygen atoms in total. The number of nitrogens with zero attached hydrogens (tertiary/aromatic N) is 1. The summed E-state index contributed by atoms with van der Waals surface area (Å²) in [5, 5.41) is 0. The highest BCUT2D eigenvalue weighted by atomic mass is 16.7. The Labute approximate surface area is 136 Å². The van der Waals surface area contributed by atoms with Crippen molar-refractivity contribution < 1.29 is 19.0 Å². The van der Waals surface area contributed by atoms with Gasteiger partial charge in [0.15, 0.2) is 11.5 Å². The molecule has 1 aromatic rings. The minimum absolute atomic E-state index is 0.186. The maximum Gasteiger partial charge on any atom is 0.410 e. The summed E-state index contributed by atoms with van der Waals surface area (Å²) in [4.78, 5) is 14.4. The van der Waals surface area contributed by atoms with E-state index < -0.39 is 5.60 Å². The van der Waals surface area contributed by atoms with Crippen LogP contribution in [-0.2, 0) is 11.2 Å². The monoisotopic (exact) mass is 317 g/mol. The van der Waals surface area contributed by atoms with Gasteiger partial charge in [-0.05, 0) is 51.7 Å². The number of hydrogen-bond acceptors (Lipinski definition) is 4. The Kier molecular flexibility index (Phi) is 3.22. The molecule has 4 rings (SSSR count). The van der Waals surface area contributed by atoms with Crippen LogP contribution in [0, 0.1) is 0 Å². The van der Waals surface area contributed by atoms with E-state index in [9.17, 15) is 4.79 Å². The Hall–Kier alpha value is -1.91. The summed E-state index contributed by atoms with van der Waals surface area (Å²) in [7, 11) is 0. The second-order valence-electron chi connectivity index (χ2n) is 7.54. The molecule has 124 valence electrons. The quantitative estimate of drug-likeness (QED) is 0.735. The molecule has 2 atom stereocenters. The van der Waals surface area contributed by atoms with Crippen LogP contribution in [0.4, 0.5) is 4.79 Å². The van der Waals surface area contributed by atoms with Crippen LogP contribution in [0.1, 0.15) is 50.7 Å². The van der Waals surface area contributed by atoms with Crippen molar-refractivity contribution in [2.75, 3.05) is 13.3 Å². The molecule has 1 aliphatic carbocycles. The molecular weight excluding hydrogens is 294 g/mol. The lowest BCUT2D eigenvalue weighted by Gasteiger charge is -2.34. The molecule has 0 N–H and O–H groups in total. The maximum atomic E-state index is 12.5. The lowest BCUT2D eigenvalue weighted by atomic mass is 9.79. The summed E-state index contributed by atoms with van der Waals surface area (Å²) in [6.45, 7) is 6.81. The van der Waals surface area contributed by atoms with E-state index >= 15 is 0 Å². The van der Waals surface area contributed by atoms with Crippen LogP contribution in [0.5, 0.6) is 11.5 Å². The second kappa shape index (κ2) is 5.05. The van der Waals surface area contributed by atoms with Gasteiger partial charge in [-0.25, -0.2) is 4.79 Å². The minimum atomic E-state index is -0.451. The Bertz CT molecular complexity index is 649. The van der Waals surface area contributed by atoms with E-state index in [1.54, 1.807) is 0 Å². The maximum absolute atomic E-state index is 12.5. The average molecular weight is 317 g/mol. The smallest absolute Gasteiger partial charge is 0.410 e. The molecule has 0 unspecified atom stereocenters. The topological polar surface area (TPSA) is 48.0 Å². The summed E-state index contributed by atoms with van der Waals surface area (Å²) >= 11 is 0. The van der Waals surface area contributed by atoms with Gasteiger partial charge in [-0.3, -0.25) is 0 Å². The van der Waals surface area contributed by atoms with Crippen LogP contribution < -0.4 is 9.47 Å². The molecule has 0 aromatic heterocycles. The third-order valence-electron chi connectivity index (χ3n) is 4.94. The standard InChI is InChI=1S/C18H23NO4/c1-18(2,3)23-17(20)19-9-8-12-11-5-7-15-16(22-10-21-15)13(11)4-6-14(12)19/h5,7,12,14H,4,6,8-10H2,1-3H3/t12-,14-/m1/s1. The molecule has 2 heterocycles. The second-order valence-corrected chi connectivity index (χ2v) is 7.54. The van der Waals surface area contributed by atoms with Crippen LogP contribution in [-0.4, -0.2) is 36.0 Å². The Morgan fingerprint density at radius 2 is 2.09 bits per heavy atom. The van der Waals surface area contributed by atoms with Gasteiger partial charge in [-0.15, -0.1) is 0 Å². The van der Waals surface area contributed by atoms with Crippen molar-refractivity contribution >= 4 is 6.09 Å². The molecule has 2 aliphatic heterocycles. The number of amides is 1. The van der Waals surface area contributed by atoms with Gasteiger partial charge in [-0.1, -0.05) is 6.07 Å². The highest BCUT2D eigenvalue weighted by molar-refractivity contribution is 5.70. The normalized spacial score (nSPS) is 25.1. The number of rotatable bonds is 0. The van der Waals surface area contributed by atoms with Crippen LogP contribution in [0.25, 0.3) is 0 Å². The zero-order valence-corrected chi connectivity index (χ0v) is 13.9. The van der Waals surface area contributed by atoms with Crippen molar-refractivity contribution in [1.29, 1.82) is 0 Å². The third kappa shape index (κ3) is 2.42. The summed E-state index contributed by atoms with van der Waals surface area (Å²) in [6, 6.07) is 4.38. The van der Waals surface area contributed by atoms with Crippen molar-refractivity contribution in [2.45, 2.75) is 57.6 Å². The van der Waals surface area contributed by atoms with Crippen molar-refractivity contribution in [2.24, 2.45) is 0 Å². The minimum Gasteiger partial charge on any atom is -0.454 e. The molecule has 1 fully saturated rings. The molecule has 1 saturated heterocycles. The molecule has 3 aliphatic rings. The largest absolute Gasteiger partial charge is 0.454 e. The van der Waals surface area contributed by atoms with Gasteiger partial charge in [0.25, 0.3) is 0 Å². The fraction of sp³-hybridized carbons (Fsp3) is 0.611. The number of hydrogen-bond donors (Lipinski definition) is 0. The Morgan fingerprint density at radius 1 is 1.26 bits per heavy atom. The van der Waals surface area contributed by atoms with Crippen molar-refractivity contribution in [1.82, 2.24) is 4.90 Å². The van der Waals surface area contributed by atoms with E-state index in [2.05, 4.69) is 6.07 Å². The summed E-state index contributed by atoms with van der Waals surface area (Å²) in [5.41, 5.74) is 2.14. The number of carbonyl (C=O) groups excluding carboxylic acids is 1. The summed E-state index contributed by atoms with van der Waals surface area (Å²) in [6.07, 6.45) is 2.67. The first kappa shape index (κ1) is 14.7. The fourth-order valence-corrected chi connectivity index (χ4v) is 4.06. The summed E-state index contributed by atoms with van der Waals surface area (Å²) < 4.78 is 16.7. The fourth-order valence-electron chi connectivity index (χ4n) is 4.06. The highest BCUT2D eigenvalue weighted by Gasteiger charge is 2.43. The van der Waals surface area contributed by atoms with Crippen molar-refractivity contribution in [3.63, 3.8) is 0 Å². The van der Waals surface area contributed by atoms with E-state index in [1.165, 1.54) is 11.1 Å². The van der Waals surface area contributed by atoms with Crippen LogP contribution >= 0.6 is 0 Å². The number of likely N-dealkylation sites (tertiary alicyclic amines) is 1. The molecule has 0 saturated carbocycles. The highest BCUT2D eigenvalue weighted by Crippen LogP contribution is 2.48. The zero-order chi connectivity index (χ0) is 16.2. The SMILES string of the molecule is CC(C)(C)OC(=O)N1CC[C@@H]2c3ccc4c(c3CC[C@H]21)OCO4. The molecule has 0 bridgehead atoms. The van der Waals surface area contributed by atoms with Gasteiger partial charge in [-0.2, -0.15) is 0 Å². The zero-order valence-electron chi connectivity index (χ0n) is 13.9. The van der Waals surface area contributed by atoms with E-state index in [0.29, 0.717) is 12.7 Å². The molecule has 0 radical (unpaired) electrons. The predicted octanol–water partition coefficient (Wildman–Crippen LogP) is 3.45. The van der Waals surface area contributed by atoms with Crippen molar-refractivity contribution in [3.05, 3.63) is 23.3 Å². The molecule has 1 amide bonds. The van der Waals surface area contributed by atoms with Crippen LogP contribution in [0.3, 0.4) is 0 Å². The van der Waals surface area contributed by atoms with E-state index in [0.717, 1.165) is 37.3 Å². The molecule has 0 spiro atoms. The molecular formula is C18H23NO4. The van der Waals surface area contributed by atoms with Gasteiger partial charge >= 0.3 is 6.09 Å². The van der Waals surface area contributed by atoms with Gasteiger partial charge in [0.1, 0.15) is 5.60 Å². The van der Waals surface area contributed by atoms with E-state index in [1.807, 2.05) is 31.7 Å². The number of benzene rings is 1. The van der Waals surface area contributed by atoms with Gasteiger partial charge in [0.05, 0.1) is 0 Å². The van der Waals surface area contributed by atoms with E-state index in [4.69, 9.17) is 14.2 Å². The molecule has 1 aromatic carbocycles. The predicted molar refractivity (Wildman–Crippen MR) is 85.0 cm³/mol. The lowest BCUT2D eigenvalue weighted by Crippen LogP contribution is -2.42.